The summed E-state index contributed by atoms with van der Waals surface area (Å²) < 4.78 is 176. The molecule has 0 aliphatic heterocycles. The van der Waals surface area contributed by atoms with Crippen molar-refractivity contribution in [1.82, 2.24) is 10.6 Å². The average molecular weight is 693 g/mol. The molecule has 0 bridgehead atoms. The third-order valence-corrected chi connectivity index (χ3v) is 7.30. The second-order valence-corrected chi connectivity index (χ2v) is 11.7. The molecule has 0 rings (SSSR count). The van der Waals surface area contributed by atoms with Gasteiger partial charge in [0.05, 0.1) is 40.3 Å². The Morgan fingerprint density at radius 2 is 1.07 bits per heavy atom. The Morgan fingerprint density at radius 3 is 1.55 bits per heavy atom. The van der Waals surface area contributed by atoms with Gasteiger partial charge in [0.2, 0.25) is 0 Å². The van der Waals surface area contributed by atoms with Gasteiger partial charge >= 0.3 is 35.8 Å². The minimum absolute atomic E-state index is 0.0541. The highest BCUT2D eigenvalue weighted by Crippen LogP contribution is 2.60. The molecule has 0 unspecified atom stereocenters. The van der Waals surface area contributed by atoms with Gasteiger partial charge in [-0.2, -0.15) is 57.1 Å². The summed E-state index contributed by atoms with van der Waals surface area (Å²) in [6.07, 6.45) is 2.17. The van der Waals surface area contributed by atoms with Crippen LogP contribution in [0.15, 0.2) is 0 Å². The topological polar surface area (TPSA) is 33.3 Å². The number of nitrogens with zero attached hydrogens (tertiary/aromatic N) is 1. The number of ether oxygens (including phenoxy) is 1. The summed E-state index contributed by atoms with van der Waals surface area (Å²) in [7, 11) is 4.02. The van der Waals surface area contributed by atoms with Crippen LogP contribution in [-0.4, -0.2) is 92.5 Å². The van der Waals surface area contributed by atoms with Crippen LogP contribution < -0.4 is 10.6 Å². The van der Waals surface area contributed by atoms with Gasteiger partial charge in [-0.3, -0.25) is 0 Å². The van der Waals surface area contributed by atoms with Crippen molar-refractivity contribution in [2.45, 2.75) is 113 Å². The average Bonchev–Trinajstić information content (AvgIpc) is 2.88. The predicted octanol–water partition coefficient (Wildman–Crippen LogP) is 8.55. The Hall–Kier alpha value is -1.30. The van der Waals surface area contributed by atoms with Gasteiger partial charge in [0.15, 0.2) is 5.11 Å². The standard InChI is InChI=1S/C26H42F13N3OS/c1-4-5-6-7-8-9-10-11-12-13-16-42(2,3)17-15-40-20(44)41-19-43-18-14-21(27,28)22(29,30)23(31,32)24(33,34)25(35,36)26(37,38)39/h4-19H2,1-3H3,(H-,40,41,44)/p+1. The molecule has 18 heteroatoms. The molecular weight excluding hydrogens is 649 g/mol. The number of quaternary nitrogens is 1. The van der Waals surface area contributed by atoms with Crippen LogP contribution in [0.4, 0.5) is 57.1 Å². The van der Waals surface area contributed by atoms with E-state index in [-0.39, 0.29) is 5.11 Å². The van der Waals surface area contributed by atoms with Gasteiger partial charge < -0.3 is 19.9 Å². The van der Waals surface area contributed by atoms with Crippen LogP contribution >= 0.6 is 12.2 Å². The lowest BCUT2D eigenvalue weighted by atomic mass is 9.93. The smallest absolute Gasteiger partial charge is 0.361 e. The largest absolute Gasteiger partial charge is 0.460 e. The van der Waals surface area contributed by atoms with E-state index in [1.807, 2.05) is 14.1 Å². The molecule has 0 aliphatic carbocycles. The van der Waals surface area contributed by atoms with E-state index in [9.17, 15) is 57.1 Å². The highest BCUT2D eigenvalue weighted by Gasteiger charge is 2.90. The monoisotopic (exact) mass is 692 g/mol. The maximum atomic E-state index is 13.8. The third kappa shape index (κ3) is 12.1. The quantitative estimate of drug-likeness (QED) is 0.0370. The second kappa shape index (κ2) is 17.6. The lowest BCUT2D eigenvalue weighted by molar-refractivity contribution is -0.889. The molecule has 0 aliphatic rings. The van der Waals surface area contributed by atoms with Gasteiger partial charge in [-0.1, -0.05) is 58.3 Å². The minimum atomic E-state index is -7.91. The summed E-state index contributed by atoms with van der Waals surface area (Å²) in [6.45, 7) is 1.85. The van der Waals surface area contributed by atoms with E-state index in [2.05, 4.69) is 22.3 Å². The molecule has 0 amide bonds. The van der Waals surface area contributed by atoms with E-state index in [1.54, 1.807) is 0 Å². The predicted molar refractivity (Wildman–Crippen MR) is 144 cm³/mol. The molecular formula is C26H43F13N3OS+. The van der Waals surface area contributed by atoms with Crippen LogP contribution in [0, 0.1) is 0 Å². The molecule has 2 N–H and O–H groups in total. The summed E-state index contributed by atoms with van der Waals surface area (Å²) in [4.78, 5) is 0. The van der Waals surface area contributed by atoms with Gasteiger partial charge in [-0.25, -0.2) is 0 Å². The lowest BCUT2D eigenvalue weighted by Gasteiger charge is -2.39. The van der Waals surface area contributed by atoms with Crippen molar-refractivity contribution in [3.05, 3.63) is 0 Å². The fourth-order valence-electron chi connectivity index (χ4n) is 4.02. The fraction of sp³-hybridized carbons (Fsp3) is 0.962. The van der Waals surface area contributed by atoms with Gasteiger partial charge in [-0.05, 0) is 25.1 Å². The molecule has 264 valence electrons. The van der Waals surface area contributed by atoms with E-state index in [0.29, 0.717) is 17.6 Å². The Morgan fingerprint density at radius 1 is 0.614 bits per heavy atom. The molecule has 0 spiro atoms. The molecule has 0 saturated carbocycles. The second-order valence-electron chi connectivity index (χ2n) is 11.3. The number of alkyl halides is 13. The van der Waals surface area contributed by atoms with Crippen LogP contribution in [0.5, 0.6) is 0 Å². The van der Waals surface area contributed by atoms with Crippen molar-refractivity contribution in [3.8, 4) is 0 Å². The zero-order valence-corrected chi connectivity index (χ0v) is 25.8. The van der Waals surface area contributed by atoms with Crippen LogP contribution in [-0.2, 0) is 4.74 Å². The fourth-order valence-corrected chi connectivity index (χ4v) is 4.18. The van der Waals surface area contributed by atoms with Gasteiger partial charge in [0.1, 0.15) is 6.73 Å². The van der Waals surface area contributed by atoms with Crippen molar-refractivity contribution in [3.63, 3.8) is 0 Å². The van der Waals surface area contributed by atoms with Crippen LogP contribution in [0.1, 0.15) is 77.6 Å². The van der Waals surface area contributed by atoms with Crippen molar-refractivity contribution in [2.24, 2.45) is 0 Å². The number of unbranched alkanes of at least 4 members (excludes halogenated alkanes) is 9. The maximum Gasteiger partial charge on any atom is 0.460 e. The Kier molecular flexibility index (Phi) is 17.1. The van der Waals surface area contributed by atoms with Crippen molar-refractivity contribution in [2.75, 3.05) is 47.1 Å². The highest BCUT2D eigenvalue weighted by molar-refractivity contribution is 7.80. The molecule has 0 aromatic rings. The molecule has 4 nitrogen and oxygen atoms in total. The van der Waals surface area contributed by atoms with E-state index < -0.39 is 55.5 Å². The number of hydrogen-bond acceptors (Lipinski definition) is 2. The normalized spacial score (nSPS) is 14.2. The van der Waals surface area contributed by atoms with Crippen LogP contribution in [0.3, 0.4) is 0 Å². The third-order valence-electron chi connectivity index (χ3n) is 7.01. The van der Waals surface area contributed by atoms with Crippen molar-refractivity contribution < 1.29 is 66.3 Å². The first-order chi connectivity index (χ1) is 19.9. The molecule has 0 radical (unpaired) electrons. The Bertz CT molecular complexity index is 840. The number of nitrogens with one attached hydrogen (secondary N) is 2. The molecule has 0 heterocycles. The number of thiocarbonyl (C=S) groups is 1. The first-order valence-corrected chi connectivity index (χ1v) is 14.7. The number of halogens is 13. The van der Waals surface area contributed by atoms with Gasteiger partial charge in [0, 0.05) is 6.42 Å². The summed E-state index contributed by atoms with van der Waals surface area (Å²) in [5, 5.41) is 5.07. The molecule has 0 aromatic heterocycles. The first kappa shape index (κ1) is 42.7. The molecule has 0 atom stereocenters. The first-order valence-electron chi connectivity index (χ1n) is 14.3. The highest BCUT2D eigenvalue weighted by atomic mass is 32.1. The van der Waals surface area contributed by atoms with E-state index in [0.717, 1.165) is 25.8 Å². The van der Waals surface area contributed by atoms with Crippen molar-refractivity contribution >= 4 is 17.3 Å². The zero-order valence-electron chi connectivity index (χ0n) is 25.0. The van der Waals surface area contributed by atoms with E-state index >= 15 is 0 Å². The van der Waals surface area contributed by atoms with Crippen LogP contribution in [0.2, 0.25) is 0 Å². The Balaban J connectivity index is 4.47. The molecule has 0 saturated heterocycles. The van der Waals surface area contributed by atoms with E-state index in [4.69, 9.17) is 12.2 Å². The molecule has 0 fully saturated rings. The van der Waals surface area contributed by atoms with Gasteiger partial charge in [0.25, 0.3) is 0 Å². The SMILES string of the molecule is CCCCCCCCCCCC[N+](C)(C)CCNC(=S)NCOCCC(F)(F)C(F)(F)C(F)(F)C(F)(F)C(F)(F)C(F)(F)F. The number of likely N-dealkylation sites (N-methyl/N-ethyl adjacent to an activating group) is 1. The zero-order chi connectivity index (χ0) is 34.5. The number of rotatable bonds is 23. The lowest BCUT2D eigenvalue weighted by Crippen LogP contribution is -2.70. The summed E-state index contributed by atoms with van der Waals surface area (Å²) in [5.41, 5.74) is 0. The summed E-state index contributed by atoms with van der Waals surface area (Å²) >= 11 is 4.94. The minimum Gasteiger partial charge on any atom is -0.361 e. The summed E-state index contributed by atoms with van der Waals surface area (Å²) in [6, 6.07) is 0. The number of hydrogen-bond donors (Lipinski definition) is 2. The Labute approximate surface area is 255 Å². The van der Waals surface area contributed by atoms with Crippen LogP contribution in [0.25, 0.3) is 0 Å². The van der Waals surface area contributed by atoms with E-state index in [1.165, 1.54) is 44.9 Å². The molecule has 44 heavy (non-hydrogen) atoms. The summed E-state index contributed by atoms with van der Waals surface area (Å²) in [5.74, 6) is -36.9. The van der Waals surface area contributed by atoms with Crippen molar-refractivity contribution in [1.29, 1.82) is 0 Å². The molecule has 0 aromatic carbocycles. The maximum absolute atomic E-state index is 13.8. The van der Waals surface area contributed by atoms with Gasteiger partial charge in [-0.15, -0.1) is 0 Å².